The number of carbonyl (C=O) groups is 5. The van der Waals surface area contributed by atoms with Crippen LogP contribution in [0, 0.1) is 10.1 Å². The summed E-state index contributed by atoms with van der Waals surface area (Å²) in [6, 6.07) is 12.6. The number of benzene rings is 2. The van der Waals surface area contributed by atoms with Crippen molar-refractivity contribution in [3.8, 4) is 0 Å². The summed E-state index contributed by atoms with van der Waals surface area (Å²) in [5.74, 6) is -2.75. The number of carboxylic acid groups (broad SMARTS) is 1. The minimum absolute atomic E-state index is 0.00751. The summed E-state index contributed by atoms with van der Waals surface area (Å²) in [5, 5.41) is 17.9. The van der Waals surface area contributed by atoms with Crippen molar-refractivity contribution in [3.63, 3.8) is 0 Å². The van der Waals surface area contributed by atoms with Gasteiger partial charge in [-0.2, -0.15) is 0 Å². The van der Waals surface area contributed by atoms with Crippen LogP contribution in [0.5, 0.6) is 0 Å². The van der Waals surface area contributed by atoms with Crippen molar-refractivity contribution in [1.29, 1.82) is 0 Å². The topological polar surface area (TPSA) is 212 Å². The average molecular weight is 617 g/mol. The van der Waals surface area contributed by atoms with Gasteiger partial charge in [-0.05, 0) is 37.1 Å². The largest absolute Gasteiger partial charge is 0.481 e. The number of hydrogen-bond donors (Lipinski definition) is 2. The molecule has 0 saturated carbocycles. The minimum Gasteiger partial charge on any atom is -0.481 e. The zero-order chi connectivity index (χ0) is 33.7. The number of nitro benzene ring substituents is 1. The molecular weight excluding hydrogens is 580 g/mol. The van der Waals surface area contributed by atoms with E-state index in [2.05, 4.69) is 13.2 Å². The number of hydrogen-bond acceptors (Lipinski definition) is 12. The van der Waals surface area contributed by atoms with Crippen LogP contribution in [0.15, 0.2) is 72.8 Å². The quantitative estimate of drug-likeness (QED) is 0.0629. The lowest BCUT2D eigenvalue weighted by molar-refractivity contribution is -0.384. The van der Waals surface area contributed by atoms with Crippen molar-refractivity contribution in [2.75, 3.05) is 32.2 Å². The molecule has 0 aliphatic heterocycles. The summed E-state index contributed by atoms with van der Waals surface area (Å²) in [5.41, 5.74) is 8.14. The summed E-state index contributed by atoms with van der Waals surface area (Å²) in [6.07, 6.45) is 0.154. The molecule has 3 N–H and O–H groups in total. The number of nitrogens with two attached hydrogens (primary N) is 1. The highest BCUT2D eigenvalue weighted by Crippen LogP contribution is 2.12. The third-order valence-electron chi connectivity index (χ3n) is 4.68. The number of nitrogens with zero attached hydrogens (tertiary/aromatic N) is 1. The van der Waals surface area contributed by atoms with Gasteiger partial charge in [0.2, 0.25) is 0 Å². The zero-order valence-corrected chi connectivity index (χ0v) is 24.7. The molecule has 2 aromatic carbocycles. The second kappa shape index (κ2) is 21.2. The summed E-state index contributed by atoms with van der Waals surface area (Å²) in [4.78, 5) is 64.0. The number of non-ortho nitro benzene ring substituents is 1. The lowest BCUT2D eigenvalue weighted by Crippen LogP contribution is -2.15. The second-order valence-corrected chi connectivity index (χ2v) is 8.81. The first kappa shape index (κ1) is 38.5. The van der Waals surface area contributed by atoms with E-state index < -0.39 is 28.8 Å². The highest BCUT2D eigenvalue weighted by atomic mass is 16.6. The molecule has 0 bridgehead atoms. The van der Waals surface area contributed by atoms with Gasteiger partial charge in [0.25, 0.3) is 11.7 Å². The SMILES string of the molecule is C=C(C)C(=O)OCCOC(=O)Cc1ccc(N)cc1.C=C(C)C(=O)OCCOC(=O)Cc1ccc([N+](=O)[O-])cc1.CC(=O)O. The molecule has 0 radical (unpaired) electrons. The lowest BCUT2D eigenvalue weighted by atomic mass is 10.1. The van der Waals surface area contributed by atoms with E-state index in [0.717, 1.165) is 12.5 Å². The van der Waals surface area contributed by atoms with E-state index in [1.54, 1.807) is 31.2 Å². The Hall–Kier alpha value is -5.53. The molecule has 0 unspecified atom stereocenters. The van der Waals surface area contributed by atoms with Gasteiger partial charge < -0.3 is 29.8 Å². The molecule has 14 heteroatoms. The second-order valence-electron chi connectivity index (χ2n) is 8.81. The van der Waals surface area contributed by atoms with Crippen molar-refractivity contribution >= 4 is 41.2 Å². The maximum atomic E-state index is 11.5. The number of rotatable bonds is 13. The Kier molecular flexibility index (Phi) is 18.5. The van der Waals surface area contributed by atoms with Gasteiger partial charge in [-0.1, -0.05) is 37.4 Å². The summed E-state index contributed by atoms with van der Waals surface area (Å²) in [7, 11) is 0. The van der Waals surface area contributed by atoms with E-state index in [1.165, 1.54) is 31.2 Å². The van der Waals surface area contributed by atoms with E-state index in [-0.39, 0.29) is 56.5 Å². The molecule has 0 atom stereocenters. The van der Waals surface area contributed by atoms with Crippen LogP contribution in [0.25, 0.3) is 0 Å². The van der Waals surface area contributed by atoms with Crippen LogP contribution in [-0.2, 0) is 55.8 Å². The standard InChI is InChI=1S/C14H15NO6.C14H17NO4.C2H4O2/c1-10(2)14(17)21-8-7-20-13(16)9-11-3-5-12(6-4-11)15(18)19;1-10(2)14(17)19-8-7-18-13(16)9-11-3-5-12(15)6-4-11;1-2(3)4/h3-6H,1,7-9H2,2H3;3-6H,1,7-9,15H2,2H3;1H3,(H,3,4). The number of esters is 4. The Balaban J connectivity index is 0.000000752. The molecule has 0 fully saturated rings. The van der Waals surface area contributed by atoms with E-state index in [9.17, 15) is 29.3 Å². The fraction of sp³-hybridized carbons (Fsp3) is 0.300. The maximum Gasteiger partial charge on any atom is 0.333 e. The van der Waals surface area contributed by atoms with E-state index in [1.807, 2.05) is 0 Å². The van der Waals surface area contributed by atoms with Crippen LogP contribution in [0.4, 0.5) is 11.4 Å². The van der Waals surface area contributed by atoms with Gasteiger partial charge in [-0.15, -0.1) is 0 Å². The molecule has 0 aliphatic carbocycles. The Morgan fingerprint density at radius 1 is 0.705 bits per heavy atom. The molecule has 238 valence electrons. The number of carboxylic acids is 1. The molecule has 0 aliphatic rings. The predicted molar refractivity (Wildman–Crippen MR) is 158 cm³/mol. The third-order valence-corrected chi connectivity index (χ3v) is 4.68. The number of anilines is 1. The molecule has 2 rings (SSSR count). The molecule has 44 heavy (non-hydrogen) atoms. The molecular formula is C30H36N2O12. The van der Waals surface area contributed by atoms with Crippen LogP contribution < -0.4 is 5.73 Å². The Morgan fingerprint density at radius 2 is 1.02 bits per heavy atom. The minimum atomic E-state index is -0.833. The smallest absolute Gasteiger partial charge is 0.333 e. The van der Waals surface area contributed by atoms with Crippen molar-refractivity contribution in [1.82, 2.24) is 0 Å². The number of ether oxygens (including phenoxy) is 4. The Labute approximate surface area is 254 Å². The van der Waals surface area contributed by atoms with Gasteiger partial charge in [0, 0.05) is 35.9 Å². The van der Waals surface area contributed by atoms with Crippen LogP contribution in [-0.4, -0.2) is 66.3 Å². The first-order chi connectivity index (χ1) is 20.6. The van der Waals surface area contributed by atoms with Crippen LogP contribution >= 0.6 is 0 Å². The molecule has 0 amide bonds. The van der Waals surface area contributed by atoms with Crippen molar-refractivity contribution in [3.05, 3.63) is 94.1 Å². The fourth-order valence-corrected chi connectivity index (χ4v) is 2.63. The fourth-order valence-electron chi connectivity index (χ4n) is 2.63. The molecule has 2 aromatic rings. The van der Waals surface area contributed by atoms with E-state index in [0.29, 0.717) is 16.8 Å². The third kappa shape index (κ3) is 19.5. The van der Waals surface area contributed by atoms with Gasteiger partial charge in [0.05, 0.1) is 17.8 Å². The molecule has 0 aromatic heterocycles. The van der Waals surface area contributed by atoms with Gasteiger partial charge in [0.15, 0.2) is 0 Å². The summed E-state index contributed by atoms with van der Waals surface area (Å²) < 4.78 is 19.3. The summed E-state index contributed by atoms with van der Waals surface area (Å²) in [6.45, 7) is 11.0. The molecule has 0 heterocycles. The van der Waals surface area contributed by atoms with Gasteiger partial charge >= 0.3 is 23.9 Å². The molecule has 14 nitrogen and oxygen atoms in total. The molecule has 0 saturated heterocycles. The highest BCUT2D eigenvalue weighted by Gasteiger charge is 2.09. The van der Waals surface area contributed by atoms with Gasteiger partial charge in [-0.25, -0.2) is 9.59 Å². The predicted octanol–water partition coefficient (Wildman–Crippen LogP) is 3.36. The summed E-state index contributed by atoms with van der Waals surface area (Å²) >= 11 is 0. The van der Waals surface area contributed by atoms with Crippen LogP contribution in [0.3, 0.4) is 0 Å². The average Bonchev–Trinajstić information content (AvgIpc) is 2.94. The first-order valence-corrected chi connectivity index (χ1v) is 12.9. The van der Waals surface area contributed by atoms with Crippen molar-refractivity contribution < 1.29 is 52.9 Å². The number of carbonyl (C=O) groups excluding carboxylic acids is 4. The Morgan fingerprint density at radius 3 is 1.34 bits per heavy atom. The van der Waals surface area contributed by atoms with E-state index >= 15 is 0 Å². The molecule has 0 spiro atoms. The van der Waals surface area contributed by atoms with E-state index in [4.69, 9.17) is 34.6 Å². The number of nitrogen functional groups attached to an aromatic ring is 1. The maximum absolute atomic E-state index is 11.5. The first-order valence-electron chi connectivity index (χ1n) is 12.9. The zero-order valence-electron chi connectivity index (χ0n) is 24.7. The lowest BCUT2D eigenvalue weighted by Gasteiger charge is -2.06. The number of nitro groups is 1. The highest BCUT2D eigenvalue weighted by molar-refractivity contribution is 5.87. The van der Waals surface area contributed by atoms with Crippen LogP contribution in [0.1, 0.15) is 31.9 Å². The van der Waals surface area contributed by atoms with Gasteiger partial charge in [-0.3, -0.25) is 24.5 Å². The Bertz CT molecular complexity index is 1300. The van der Waals surface area contributed by atoms with Crippen molar-refractivity contribution in [2.24, 2.45) is 0 Å². The number of aliphatic carboxylic acids is 1. The monoisotopic (exact) mass is 616 g/mol. The van der Waals surface area contributed by atoms with Crippen LogP contribution in [0.2, 0.25) is 0 Å². The van der Waals surface area contributed by atoms with Gasteiger partial charge in [0.1, 0.15) is 26.4 Å². The van der Waals surface area contributed by atoms with Crippen molar-refractivity contribution in [2.45, 2.75) is 33.6 Å². The normalized spacial score (nSPS) is 9.43.